The van der Waals surface area contributed by atoms with Crippen LogP contribution in [-0.2, 0) is 11.2 Å². The Morgan fingerprint density at radius 3 is 2.64 bits per heavy atom. The van der Waals surface area contributed by atoms with Gasteiger partial charge in [0, 0.05) is 63.4 Å². The van der Waals surface area contributed by atoms with Gasteiger partial charge in [-0.25, -0.2) is 4.79 Å². The van der Waals surface area contributed by atoms with Crippen molar-refractivity contribution >= 4 is 57.4 Å². The van der Waals surface area contributed by atoms with Crippen LogP contribution in [0.3, 0.4) is 0 Å². The van der Waals surface area contributed by atoms with E-state index < -0.39 is 0 Å². The number of rotatable bonds is 3. The number of fused-ring (bicyclic) bond motifs is 2. The van der Waals surface area contributed by atoms with Crippen molar-refractivity contribution in [1.29, 1.82) is 0 Å². The summed E-state index contributed by atoms with van der Waals surface area (Å²) in [4.78, 5) is 12.3. The Kier molecular flexibility index (Phi) is 6.23. The summed E-state index contributed by atoms with van der Waals surface area (Å²) in [5.41, 5.74) is 2.60. The van der Waals surface area contributed by atoms with E-state index in [1.165, 1.54) is 0 Å². The quantitative estimate of drug-likeness (QED) is 0.543. The van der Waals surface area contributed by atoms with Gasteiger partial charge in [0.1, 0.15) is 11.5 Å². The molecule has 0 spiro atoms. The first kappa shape index (κ1) is 17.7. The fourth-order valence-electron chi connectivity index (χ4n) is 2.41. The molecular formula is C18H18KO3. The number of carbonyl (C=O) groups excluding carboxylic acids is 1. The minimum absolute atomic E-state index is 0. The third kappa shape index (κ3) is 3.81. The van der Waals surface area contributed by atoms with E-state index in [2.05, 4.69) is 0 Å². The summed E-state index contributed by atoms with van der Waals surface area (Å²) >= 11 is 0. The number of carbonyl (C=O) groups is 1. The molecule has 0 aliphatic carbocycles. The summed E-state index contributed by atoms with van der Waals surface area (Å²) in [6.45, 7) is 4.47. The van der Waals surface area contributed by atoms with Crippen LogP contribution in [0.25, 0.3) is 0 Å². The minimum atomic E-state index is -0.275. The van der Waals surface area contributed by atoms with Gasteiger partial charge in [-0.05, 0) is 29.7 Å². The maximum absolute atomic E-state index is 12.3. The van der Waals surface area contributed by atoms with Crippen molar-refractivity contribution in [3.63, 3.8) is 0 Å². The fourth-order valence-corrected chi connectivity index (χ4v) is 2.41. The second-order valence-corrected chi connectivity index (χ2v) is 5.66. The third-order valence-electron chi connectivity index (χ3n) is 3.46. The number of esters is 1. The number of ether oxygens (including phenoxy) is 2. The van der Waals surface area contributed by atoms with E-state index in [9.17, 15) is 4.79 Å². The molecule has 0 bridgehead atoms. The van der Waals surface area contributed by atoms with E-state index in [-0.39, 0.29) is 57.4 Å². The van der Waals surface area contributed by atoms with Crippen LogP contribution in [0.2, 0.25) is 0 Å². The first-order valence-electron chi connectivity index (χ1n) is 7.20. The first-order valence-corrected chi connectivity index (χ1v) is 7.20. The van der Waals surface area contributed by atoms with Crippen LogP contribution in [0.4, 0.5) is 0 Å². The standard InChI is InChI=1S/C18H18O3.K/c1-12(2)11-20-18(19)14-7-5-9-17-15(14)10-13-6-3-4-8-16(13)21-17;/h3-9,12H,10-11H2,1-2H3;. The molecule has 0 N–H and O–H groups in total. The van der Waals surface area contributed by atoms with Crippen molar-refractivity contribution in [2.75, 3.05) is 6.61 Å². The molecule has 1 radical (unpaired) electrons. The van der Waals surface area contributed by atoms with E-state index >= 15 is 0 Å². The molecule has 0 amide bonds. The molecule has 2 aromatic rings. The molecule has 1 aliphatic heterocycles. The summed E-state index contributed by atoms with van der Waals surface area (Å²) < 4.78 is 11.2. The van der Waals surface area contributed by atoms with Crippen LogP contribution in [0.1, 0.15) is 35.3 Å². The largest absolute Gasteiger partial charge is 0.462 e. The fraction of sp³-hybridized carbons (Fsp3) is 0.278. The molecule has 0 aromatic heterocycles. The summed E-state index contributed by atoms with van der Waals surface area (Å²) in [6, 6.07) is 13.4. The Morgan fingerprint density at radius 1 is 1.14 bits per heavy atom. The monoisotopic (exact) mass is 321 g/mol. The van der Waals surface area contributed by atoms with Crippen molar-refractivity contribution in [3.8, 4) is 11.5 Å². The summed E-state index contributed by atoms with van der Waals surface area (Å²) in [7, 11) is 0. The Morgan fingerprint density at radius 2 is 1.86 bits per heavy atom. The Labute approximate surface area is 173 Å². The average Bonchev–Trinajstić information content (AvgIpc) is 2.50. The van der Waals surface area contributed by atoms with Crippen molar-refractivity contribution in [2.24, 2.45) is 5.92 Å². The molecule has 4 heteroatoms. The van der Waals surface area contributed by atoms with Crippen LogP contribution in [0, 0.1) is 5.92 Å². The molecule has 1 aliphatic rings. The van der Waals surface area contributed by atoms with E-state index in [0.29, 0.717) is 24.5 Å². The van der Waals surface area contributed by atoms with Crippen LogP contribution < -0.4 is 4.74 Å². The molecular weight excluding hydrogens is 303 g/mol. The van der Waals surface area contributed by atoms with Gasteiger partial charge in [-0.1, -0.05) is 38.1 Å². The van der Waals surface area contributed by atoms with Gasteiger partial charge in [0.15, 0.2) is 0 Å². The molecule has 0 saturated carbocycles. The normalized spacial score (nSPS) is 11.8. The number of hydrogen-bond acceptors (Lipinski definition) is 3. The predicted molar refractivity (Wildman–Crippen MR) is 86.6 cm³/mol. The second-order valence-electron chi connectivity index (χ2n) is 5.66. The van der Waals surface area contributed by atoms with Crippen molar-refractivity contribution in [1.82, 2.24) is 0 Å². The number of benzene rings is 2. The zero-order chi connectivity index (χ0) is 14.8. The smallest absolute Gasteiger partial charge is 0.338 e. The Balaban J connectivity index is 0.00000176. The molecule has 0 fully saturated rings. The van der Waals surface area contributed by atoms with Crippen LogP contribution in [0.5, 0.6) is 11.5 Å². The second kappa shape index (κ2) is 7.75. The Bertz CT molecular complexity index is 680. The zero-order valence-electron chi connectivity index (χ0n) is 13.3. The molecule has 22 heavy (non-hydrogen) atoms. The van der Waals surface area contributed by atoms with E-state index in [0.717, 1.165) is 22.6 Å². The third-order valence-corrected chi connectivity index (χ3v) is 3.46. The molecule has 1 heterocycles. The molecule has 3 rings (SSSR count). The topological polar surface area (TPSA) is 35.5 Å². The van der Waals surface area contributed by atoms with Gasteiger partial charge in [0.05, 0.1) is 12.2 Å². The van der Waals surface area contributed by atoms with Gasteiger partial charge in [0.2, 0.25) is 0 Å². The number of para-hydroxylation sites is 1. The average molecular weight is 321 g/mol. The SMILES string of the molecule is CC(C)COC(=O)c1cccc2c1Cc1ccccc1O2.[K]. The molecule has 0 atom stereocenters. The van der Waals surface area contributed by atoms with E-state index in [4.69, 9.17) is 9.47 Å². The van der Waals surface area contributed by atoms with Gasteiger partial charge in [-0.2, -0.15) is 0 Å². The van der Waals surface area contributed by atoms with Gasteiger partial charge >= 0.3 is 5.97 Å². The van der Waals surface area contributed by atoms with Crippen LogP contribution in [-0.4, -0.2) is 64.0 Å². The van der Waals surface area contributed by atoms with Gasteiger partial charge in [0.25, 0.3) is 0 Å². The van der Waals surface area contributed by atoms with Crippen molar-refractivity contribution in [3.05, 3.63) is 59.2 Å². The predicted octanol–water partition coefficient (Wildman–Crippen LogP) is 3.82. The van der Waals surface area contributed by atoms with E-state index in [1.807, 2.05) is 50.2 Å². The summed E-state index contributed by atoms with van der Waals surface area (Å²) in [6.07, 6.45) is 0.693. The molecule has 0 saturated heterocycles. The number of hydrogen-bond donors (Lipinski definition) is 0. The van der Waals surface area contributed by atoms with Gasteiger partial charge in [-0.3, -0.25) is 0 Å². The van der Waals surface area contributed by atoms with Crippen LogP contribution in [0.15, 0.2) is 42.5 Å². The maximum atomic E-state index is 12.3. The van der Waals surface area contributed by atoms with Crippen LogP contribution >= 0.6 is 0 Å². The summed E-state index contributed by atoms with van der Waals surface area (Å²) in [5.74, 6) is 1.65. The summed E-state index contributed by atoms with van der Waals surface area (Å²) in [5, 5.41) is 0. The van der Waals surface area contributed by atoms with Crippen molar-refractivity contribution < 1.29 is 14.3 Å². The molecule has 109 valence electrons. The first-order chi connectivity index (χ1) is 10.1. The van der Waals surface area contributed by atoms with Gasteiger partial charge in [-0.15, -0.1) is 0 Å². The van der Waals surface area contributed by atoms with E-state index in [1.54, 1.807) is 6.07 Å². The minimum Gasteiger partial charge on any atom is -0.462 e. The molecule has 3 nitrogen and oxygen atoms in total. The van der Waals surface area contributed by atoms with Gasteiger partial charge < -0.3 is 9.47 Å². The maximum Gasteiger partial charge on any atom is 0.338 e. The Hall–Kier alpha value is -0.654. The van der Waals surface area contributed by atoms with Crippen molar-refractivity contribution in [2.45, 2.75) is 20.3 Å². The zero-order valence-corrected chi connectivity index (χ0v) is 16.4. The molecule has 0 unspecified atom stereocenters. The molecule has 2 aromatic carbocycles.